The first-order chi connectivity index (χ1) is 10.3. The fourth-order valence-corrected chi connectivity index (χ4v) is 3.30. The molecule has 0 bridgehead atoms. The summed E-state index contributed by atoms with van der Waals surface area (Å²) in [5, 5.41) is -0.158. The van der Waals surface area contributed by atoms with Gasteiger partial charge in [-0.05, 0) is 18.6 Å². The Morgan fingerprint density at radius 2 is 1.86 bits per heavy atom. The molecule has 0 radical (unpaired) electrons. The zero-order valence-electron chi connectivity index (χ0n) is 11.6. The molecule has 1 aliphatic heterocycles. The Balaban J connectivity index is 1.86. The lowest BCUT2D eigenvalue weighted by molar-refractivity contribution is -0.117. The molecule has 0 saturated carbocycles. The van der Waals surface area contributed by atoms with Crippen LogP contribution in [0, 0.1) is 0 Å². The van der Waals surface area contributed by atoms with Crippen molar-refractivity contribution in [2.45, 2.75) is 17.5 Å². The summed E-state index contributed by atoms with van der Waals surface area (Å²) >= 11 is 1.61. The zero-order valence-corrected chi connectivity index (χ0v) is 12.4. The first-order valence-electron chi connectivity index (χ1n) is 6.74. The van der Waals surface area contributed by atoms with Gasteiger partial charge in [0.15, 0.2) is 0 Å². The van der Waals surface area contributed by atoms with E-state index in [1.807, 2.05) is 49.4 Å². The zero-order chi connectivity index (χ0) is 14.7. The largest absolute Gasteiger partial charge is 0.273 e. The van der Waals surface area contributed by atoms with Crippen molar-refractivity contribution in [3.05, 3.63) is 60.4 Å². The molecule has 0 N–H and O–H groups in total. The van der Waals surface area contributed by atoms with Crippen LogP contribution in [-0.2, 0) is 4.79 Å². The lowest BCUT2D eigenvalue weighted by Crippen LogP contribution is -2.34. The molecule has 1 amide bonds. The molecular formula is C16H15N3OS. The van der Waals surface area contributed by atoms with Gasteiger partial charge in [-0.2, -0.15) is 0 Å². The number of anilines is 1. The lowest BCUT2D eigenvalue weighted by atomic mass is 10.2. The highest BCUT2D eigenvalue weighted by Gasteiger charge is 2.38. The molecule has 1 aromatic carbocycles. The maximum Gasteiger partial charge on any atom is 0.243 e. The van der Waals surface area contributed by atoms with Gasteiger partial charge >= 0.3 is 0 Å². The van der Waals surface area contributed by atoms with Gasteiger partial charge in [-0.15, -0.1) is 11.8 Å². The Morgan fingerprint density at radius 1 is 1.14 bits per heavy atom. The molecule has 2 unspecified atom stereocenters. The molecule has 2 aromatic rings. The number of rotatable bonds is 3. The van der Waals surface area contributed by atoms with Crippen molar-refractivity contribution < 1.29 is 4.79 Å². The van der Waals surface area contributed by atoms with Crippen LogP contribution in [0.25, 0.3) is 6.08 Å². The molecule has 3 rings (SSSR count). The van der Waals surface area contributed by atoms with Crippen LogP contribution in [0.4, 0.5) is 5.95 Å². The Labute approximate surface area is 127 Å². The van der Waals surface area contributed by atoms with E-state index in [9.17, 15) is 4.79 Å². The molecule has 1 aromatic heterocycles. The van der Waals surface area contributed by atoms with E-state index >= 15 is 0 Å². The predicted molar refractivity (Wildman–Crippen MR) is 85.8 cm³/mol. The molecule has 0 aliphatic carbocycles. The first-order valence-corrected chi connectivity index (χ1v) is 7.69. The van der Waals surface area contributed by atoms with E-state index in [0.29, 0.717) is 5.95 Å². The second-order valence-corrected chi connectivity index (χ2v) is 6.16. The van der Waals surface area contributed by atoms with Crippen molar-refractivity contribution >= 4 is 29.7 Å². The summed E-state index contributed by atoms with van der Waals surface area (Å²) in [6.07, 6.45) is 7.36. The summed E-state index contributed by atoms with van der Waals surface area (Å²) in [6, 6.07) is 11.8. The average molecular weight is 297 g/mol. The fourth-order valence-electron chi connectivity index (χ4n) is 2.17. The van der Waals surface area contributed by atoms with Crippen molar-refractivity contribution in [1.29, 1.82) is 0 Å². The number of benzene rings is 1. The quantitative estimate of drug-likeness (QED) is 0.874. The second-order valence-electron chi connectivity index (χ2n) is 4.70. The molecule has 2 atom stereocenters. The smallest absolute Gasteiger partial charge is 0.243 e. The molecule has 1 fully saturated rings. The standard InChI is InChI=1S/C16H15N3OS/c1-12-15(20)19(16-17-10-5-11-18-16)14(21-12)9-8-13-6-3-2-4-7-13/h2-12,14H,1H3/b9-8+. The van der Waals surface area contributed by atoms with Gasteiger partial charge in [-0.25, -0.2) is 9.97 Å². The summed E-state index contributed by atoms with van der Waals surface area (Å²) in [5.74, 6) is 0.510. The third-order valence-corrected chi connectivity index (χ3v) is 4.46. The highest BCUT2D eigenvalue weighted by Crippen LogP contribution is 2.34. The molecular weight excluding hydrogens is 282 g/mol. The van der Waals surface area contributed by atoms with Crippen LogP contribution < -0.4 is 4.90 Å². The van der Waals surface area contributed by atoms with Crippen LogP contribution in [0.1, 0.15) is 12.5 Å². The van der Waals surface area contributed by atoms with Gasteiger partial charge in [0, 0.05) is 12.4 Å². The number of nitrogens with zero attached hydrogens (tertiary/aromatic N) is 3. The predicted octanol–water partition coefficient (Wildman–Crippen LogP) is 2.98. The number of thioether (sulfide) groups is 1. The van der Waals surface area contributed by atoms with Gasteiger partial charge in [-0.1, -0.05) is 42.5 Å². The maximum absolute atomic E-state index is 12.3. The number of amides is 1. The minimum Gasteiger partial charge on any atom is -0.273 e. The molecule has 21 heavy (non-hydrogen) atoms. The van der Waals surface area contributed by atoms with Crippen LogP contribution in [-0.4, -0.2) is 26.5 Å². The van der Waals surface area contributed by atoms with Crippen LogP contribution in [0.5, 0.6) is 0 Å². The summed E-state index contributed by atoms with van der Waals surface area (Å²) in [7, 11) is 0. The highest BCUT2D eigenvalue weighted by molar-refractivity contribution is 8.02. The van der Waals surface area contributed by atoms with Crippen molar-refractivity contribution in [2.75, 3.05) is 4.90 Å². The Kier molecular flexibility index (Phi) is 4.01. The van der Waals surface area contributed by atoms with Crippen LogP contribution in [0.2, 0.25) is 0 Å². The van der Waals surface area contributed by atoms with E-state index in [1.54, 1.807) is 35.1 Å². The van der Waals surface area contributed by atoms with Gasteiger partial charge in [0.25, 0.3) is 0 Å². The highest BCUT2D eigenvalue weighted by atomic mass is 32.2. The monoisotopic (exact) mass is 297 g/mol. The average Bonchev–Trinajstić information content (AvgIpc) is 2.82. The van der Waals surface area contributed by atoms with Gasteiger partial charge in [0.1, 0.15) is 5.37 Å². The number of hydrogen-bond acceptors (Lipinski definition) is 4. The van der Waals surface area contributed by atoms with Crippen molar-refractivity contribution in [3.8, 4) is 0 Å². The van der Waals surface area contributed by atoms with Gasteiger partial charge < -0.3 is 0 Å². The molecule has 1 saturated heterocycles. The van der Waals surface area contributed by atoms with Crippen molar-refractivity contribution in [1.82, 2.24) is 9.97 Å². The van der Waals surface area contributed by atoms with E-state index < -0.39 is 0 Å². The van der Waals surface area contributed by atoms with E-state index in [-0.39, 0.29) is 16.5 Å². The molecule has 0 spiro atoms. The fraction of sp³-hybridized carbons (Fsp3) is 0.188. The third-order valence-electron chi connectivity index (χ3n) is 3.20. The van der Waals surface area contributed by atoms with Crippen LogP contribution >= 0.6 is 11.8 Å². The SMILES string of the molecule is CC1SC(/C=C/c2ccccc2)N(c2ncccn2)C1=O. The molecule has 2 heterocycles. The Bertz CT molecular complexity index is 645. The molecule has 106 valence electrons. The van der Waals surface area contributed by atoms with Gasteiger partial charge in [-0.3, -0.25) is 9.69 Å². The minimum absolute atomic E-state index is 0.0499. The number of carbonyl (C=O) groups is 1. The molecule has 5 heteroatoms. The number of hydrogen-bond donors (Lipinski definition) is 0. The van der Waals surface area contributed by atoms with E-state index in [4.69, 9.17) is 0 Å². The Morgan fingerprint density at radius 3 is 2.57 bits per heavy atom. The van der Waals surface area contributed by atoms with Crippen molar-refractivity contribution in [3.63, 3.8) is 0 Å². The van der Waals surface area contributed by atoms with E-state index in [2.05, 4.69) is 9.97 Å². The summed E-state index contributed by atoms with van der Waals surface area (Å²) in [6.45, 7) is 1.92. The normalized spacial score (nSPS) is 22.1. The maximum atomic E-state index is 12.3. The topological polar surface area (TPSA) is 46.1 Å². The van der Waals surface area contributed by atoms with E-state index in [0.717, 1.165) is 5.56 Å². The van der Waals surface area contributed by atoms with Gasteiger partial charge in [0.05, 0.1) is 5.25 Å². The summed E-state index contributed by atoms with van der Waals surface area (Å²) in [4.78, 5) is 22.4. The molecule has 1 aliphatic rings. The molecule has 4 nitrogen and oxygen atoms in total. The van der Waals surface area contributed by atoms with E-state index in [1.165, 1.54) is 0 Å². The second kappa shape index (κ2) is 6.10. The van der Waals surface area contributed by atoms with Crippen LogP contribution in [0.15, 0.2) is 54.9 Å². The first kappa shape index (κ1) is 13.8. The third kappa shape index (κ3) is 2.97. The minimum atomic E-state index is -0.0840. The Hall–Kier alpha value is -2.14. The van der Waals surface area contributed by atoms with Crippen LogP contribution in [0.3, 0.4) is 0 Å². The summed E-state index contributed by atoms with van der Waals surface area (Å²) < 4.78 is 0. The lowest BCUT2D eigenvalue weighted by Gasteiger charge is -2.18. The number of aromatic nitrogens is 2. The summed E-state index contributed by atoms with van der Waals surface area (Å²) in [5.41, 5.74) is 1.11. The van der Waals surface area contributed by atoms with Crippen molar-refractivity contribution in [2.24, 2.45) is 0 Å². The van der Waals surface area contributed by atoms with Gasteiger partial charge in [0.2, 0.25) is 11.9 Å². The number of carbonyl (C=O) groups excluding carboxylic acids is 1.